The van der Waals surface area contributed by atoms with E-state index in [4.69, 9.17) is 4.74 Å². The number of nitrogens with zero attached hydrogens (tertiary/aromatic N) is 2. The molecule has 2 aromatic carbocycles. The Kier molecular flexibility index (Phi) is 5.83. The van der Waals surface area contributed by atoms with Crippen LogP contribution in [0.1, 0.15) is 10.4 Å². The van der Waals surface area contributed by atoms with Crippen LogP contribution in [0.2, 0.25) is 0 Å². The lowest BCUT2D eigenvalue weighted by Gasteiger charge is -2.04. The first kappa shape index (κ1) is 17.6. The van der Waals surface area contributed by atoms with E-state index in [1.54, 1.807) is 31.4 Å². The van der Waals surface area contributed by atoms with Gasteiger partial charge in [-0.05, 0) is 48.5 Å². The highest BCUT2D eigenvalue weighted by Gasteiger charge is 2.08. The lowest BCUT2D eigenvalue weighted by atomic mass is 10.1. The maximum atomic E-state index is 12.2. The first-order valence-corrected chi connectivity index (χ1v) is 9.33. The molecule has 3 aromatic rings. The molecule has 0 bridgehead atoms. The molecule has 0 aliphatic rings. The fourth-order valence-corrected chi connectivity index (χ4v) is 3.14. The number of thioether (sulfide) groups is 1. The quantitative estimate of drug-likeness (QED) is 0.424. The molecule has 3 rings (SSSR count). The molecule has 0 N–H and O–H groups in total. The van der Waals surface area contributed by atoms with Crippen LogP contribution in [0.25, 0.3) is 11.3 Å². The third-order valence-electron chi connectivity index (χ3n) is 3.54. The molecule has 4 nitrogen and oxygen atoms in total. The van der Waals surface area contributed by atoms with Crippen LogP contribution in [0.3, 0.4) is 0 Å². The summed E-state index contributed by atoms with van der Waals surface area (Å²) in [6.45, 7) is 0. The number of hydrogen-bond donors (Lipinski definition) is 0. The number of rotatable bonds is 6. The molecule has 0 saturated carbocycles. The molecule has 1 heterocycles. The summed E-state index contributed by atoms with van der Waals surface area (Å²) < 4.78 is 6.12. The van der Waals surface area contributed by atoms with Crippen LogP contribution in [0, 0.1) is 0 Å². The van der Waals surface area contributed by atoms with E-state index in [2.05, 4.69) is 26.1 Å². The highest BCUT2D eigenvalue weighted by Crippen LogP contribution is 2.22. The maximum absolute atomic E-state index is 12.2. The van der Waals surface area contributed by atoms with Crippen LogP contribution in [-0.4, -0.2) is 28.8 Å². The Balaban J connectivity index is 1.61. The Morgan fingerprint density at radius 1 is 1.00 bits per heavy atom. The van der Waals surface area contributed by atoms with E-state index in [1.807, 2.05) is 36.4 Å². The number of carbonyl (C=O) groups excluding carboxylic acids is 1. The number of ether oxygens (including phenoxy) is 1. The molecule has 0 spiro atoms. The van der Waals surface area contributed by atoms with E-state index in [1.165, 1.54) is 11.8 Å². The fraction of sp³-hybridized carbons (Fsp3) is 0.105. The Morgan fingerprint density at radius 2 is 1.72 bits per heavy atom. The lowest BCUT2D eigenvalue weighted by molar-refractivity contribution is 0.102. The van der Waals surface area contributed by atoms with E-state index >= 15 is 0 Å². The molecule has 0 unspecified atom stereocenters. The number of benzene rings is 2. The van der Waals surface area contributed by atoms with Crippen molar-refractivity contribution in [3.05, 3.63) is 70.7 Å². The number of hydrogen-bond acceptors (Lipinski definition) is 5. The van der Waals surface area contributed by atoms with Gasteiger partial charge in [-0.25, -0.2) is 0 Å². The van der Waals surface area contributed by atoms with Gasteiger partial charge >= 0.3 is 0 Å². The van der Waals surface area contributed by atoms with Gasteiger partial charge in [-0.15, -0.1) is 10.2 Å². The molecule has 0 fully saturated rings. The number of methoxy groups -OCH3 is 1. The molecule has 1 aromatic heterocycles. The van der Waals surface area contributed by atoms with E-state index in [0.29, 0.717) is 11.3 Å². The van der Waals surface area contributed by atoms with Crippen LogP contribution < -0.4 is 4.74 Å². The highest BCUT2D eigenvalue weighted by molar-refractivity contribution is 9.10. The lowest BCUT2D eigenvalue weighted by Crippen LogP contribution is -2.02. The maximum Gasteiger partial charge on any atom is 0.173 e. The molecule has 0 amide bonds. The second kappa shape index (κ2) is 8.27. The Hall–Kier alpha value is -2.18. The van der Waals surface area contributed by atoms with Crippen LogP contribution >= 0.6 is 27.7 Å². The van der Waals surface area contributed by atoms with Crippen molar-refractivity contribution in [2.24, 2.45) is 0 Å². The zero-order valence-corrected chi connectivity index (χ0v) is 15.9. The SMILES string of the molecule is COc1ccc(C(=O)CSc2ccc(-c3ccc(Br)cc3)nn2)cc1. The zero-order valence-electron chi connectivity index (χ0n) is 13.5. The van der Waals surface area contributed by atoms with Crippen LogP contribution in [-0.2, 0) is 0 Å². The Bertz CT molecular complexity index is 850. The number of halogens is 1. The van der Waals surface area contributed by atoms with E-state index in [9.17, 15) is 4.79 Å². The second-order valence-electron chi connectivity index (χ2n) is 5.20. The van der Waals surface area contributed by atoms with Gasteiger partial charge in [0.1, 0.15) is 10.8 Å². The van der Waals surface area contributed by atoms with Gasteiger partial charge in [-0.1, -0.05) is 39.8 Å². The van der Waals surface area contributed by atoms with Crippen LogP contribution in [0.5, 0.6) is 5.75 Å². The third kappa shape index (κ3) is 4.67. The van der Waals surface area contributed by atoms with Gasteiger partial charge in [0, 0.05) is 15.6 Å². The van der Waals surface area contributed by atoms with Gasteiger partial charge in [0.15, 0.2) is 5.78 Å². The number of aromatic nitrogens is 2. The average Bonchev–Trinajstić information content (AvgIpc) is 2.67. The Morgan fingerprint density at radius 3 is 2.32 bits per heavy atom. The summed E-state index contributed by atoms with van der Waals surface area (Å²) in [5.74, 6) is 1.10. The van der Waals surface area contributed by atoms with Gasteiger partial charge in [-0.2, -0.15) is 0 Å². The largest absolute Gasteiger partial charge is 0.497 e. The summed E-state index contributed by atoms with van der Waals surface area (Å²) in [4.78, 5) is 12.2. The molecule has 0 atom stereocenters. The number of ketones is 1. The molecule has 0 saturated heterocycles. The summed E-state index contributed by atoms with van der Waals surface area (Å²) in [7, 11) is 1.60. The van der Waals surface area contributed by atoms with E-state index in [0.717, 1.165) is 26.5 Å². The van der Waals surface area contributed by atoms with Gasteiger partial charge < -0.3 is 4.74 Å². The molecular formula is C19H15BrN2O2S. The normalized spacial score (nSPS) is 10.5. The molecule has 126 valence electrons. The Labute approximate surface area is 158 Å². The van der Waals surface area contributed by atoms with Crippen molar-refractivity contribution >= 4 is 33.5 Å². The molecule has 0 aliphatic carbocycles. The molecule has 6 heteroatoms. The first-order valence-electron chi connectivity index (χ1n) is 7.55. The number of carbonyl (C=O) groups is 1. The third-order valence-corrected chi connectivity index (χ3v) is 4.99. The van der Waals surface area contributed by atoms with Gasteiger partial charge in [-0.3, -0.25) is 4.79 Å². The van der Waals surface area contributed by atoms with E-state index in [-0.39, 0.29) is 5.78 Å². The molecule has 25 heavy (non-hydrogen) atoms. The summed E-state index contributed by atoms with van der Waals surface area (Å²) in [6.07, 6.45) is 0. The predicted molar refractivity (Wildman–Crippen MR) is 103 cm³/mol. The average molecular weight is 415 g/mol. The van der Waals surface area contributed by atoms with Gasteiger partial charge in [0.05, 0.1) is 18.6 Å². The van der Waals surface area contributed by atoms with Crippen molar-refractivity contribution in [3.63, 3.8) is 0 Å². The summed E-state index contributed by atoms with van der Waals surface area (Å²) >= 11 is 4.79. The monoisotopic (exact) mass is 414 g/mol. The fourth-order valence-electron chi connectivity index (χ4n) is 2.17. The number of Topliss-reactive ketones (excluding diaryl/α,β-unsaturated/α-hetero) is 1. The minimum Gasteiger partial charge on any atom is -0.497 e. The summed E-state index contributed by atoms with van der Waals surface area (Å²) in [6, 6.07) is 18.8. The minimum absolute atomic E-state index is 0.0476. The molecular weight excluding hydrogens is 400 g/mol. The zero-order chi connectivity index (χ0) is 17.6. The standard InChI is InChI=1S/C19H15BrN2O2S/c1-24-16-8-4-14(5-9-16)18(23)12-25-19-11-10-17(21-22-19)13-2-6-15(20)7-3-13/h2-11H,12H2,1H3. The van der Waals surface area contributed by atoms with Crippen molar-refractivity contribution in [3.8, 4) is 17.0 Å². The smallest absolute Gasteiger partial charge is 0.173 e. The summed E-state index contributed by atoms with van der Waals surface area (Å²) in [5, 5.41) is 9.16. The van der Waals surface area contributed by atoms with Crippen LogP contribution in [0.4, 0.5) is 0 Å². The van der Waals surface area contributed by atoms with Gasteiger partial charge in [0.2, 0.25) is 0 Å². The molecule has 0 aliphatic heterocycles. The van der Waals surface area contributed by atoms with Crippen molar-refractivity contribution in [1.82, 2.24) is 10.2 Å². The topological polar surface area (TPSA) is 52.1 Å². The van der Waals surface area contributed by atoms with E-state index < -0.39 is 0 Å². The minimum atomic E-state index is 0.0476. The predicted octanol–water partition coefficient (Wildman–Crippen LogP) is 4.89. The van der Waals surface area contributed by atoms with Crippen LogP contribution in [0.15, 0.2) is 70.2 Å². The van der Waals surface area contributed by atoms with Crippen molar-refractivity contribution < 1.29 is 9.53 Å². The van der Waals surface area contributed by atoms with Gasteiger partial charge in [0.25, 0.3) is 0 Å². The summed E-state index contributed by atoms with van der Waals surface area (Å²) in [5.41, 5.74) is 2.47. The molecule has 0 radical (unpaired) electrons. The van der Waals surface area contributed by atoms with Crippen molar-refractivity contribution in [2.45, 2.75) is 5.03 Å². The highest BCUT2D eigenvalue weighted by atomic mass is 79.9. The van der Waals surface area contributed by atoms with Crippen molar-refractivity contribution in [2.75, 3.05) is 12.9 Å². The van der Waals surface area contributed by atoms with Crippen molar-refractivity contribution in [1.29, 1.82) is 0 Å². The first-order chi connectivity index (χ1) is 12.2. The second-order valence-corrected chi connectivity index (χ2v) is 7.12.